The number of carboxylic acids is 1. The highest BCUT2D eigenvalue weighted by Crippen LogP contribution is 2.44. The van der Waals surface area contributed by atoms with E-state index in [0.717, 1.165) is 35.1 Å². The molecule has 3 N–H and O–H groups in total. The molecule has 0 radical (unpaired) electrons. The van der Waals surface area contributed by atoms with E-state index in [1.165, 1.54) is 0 Å². The molecular formula is C27H34N2O5. The third kappa shape index (κ3) is 6.37. The molecule has 7 nitrogen and oxygen atoms in total. The molecule has 1 aliphatic carbocycles. The molecule has 7 heteroatoms. The average molecular weight is 467 g/mol. The first-order chi connectivity index (χ1) is 16.4. The van der Waals surface area contributed by atoms with E-state index < -0.39 is 24.1 Å². The van der Waals surface area contributed by atoms with Crippen molar-refractivity contribution in [2.75, 3.05) is 6.61 Å². The Balaban J connectivity index is 1.60. The number of carbonyl (C=O) groups excluding carboxylic acids is 2. The summed E-state index contributed by atoms with van der Waals surface area (Å²) in [5, 5.41) is 14.7. The van der Waals surface area contributed by atoms with Gasteiger partial charge in [0.2, 0.25) is 5.91 Å². The SMILES string of the molecule is CCCCC(CC(=O)N[C@@H](CCC)C(=O)O)NC(=O)OCC1c2ccccc2-c2ccccc21. The van der Waals surface area contributed by atoms with Crippen molar-refractivity contribution in [2.45, 2.75) is 70.4 Å². The fourth-order valence-corrected chi connectivity index (χ4v) is 4.51. The summed E-state index contributed by atoms with van der Waals surface area (Å²) in [7, 11) is 0. The standard InChI is InChI=1S/C27H34N2O5/c1-3-5-11-18(16-25(30)29-24(10-4-2)26(31)32)28-27(33)34-17-23-21-14-8-6-12-19(21)20-13-7-9-15-22(20)23/h6-9,12-15,18,23-24H,3-5,10-11,16-17H2,1-2H3,(H,28,33)(H,29,30)(H,31,32)/t18?,24-/m0/s1. The van der Waals surface area contributed by atoms with Crippen LogP contribution in [-0.4, -0.2) is 41.8 Å². The summed E-state index contributed by atoms with van der Waals surface area (Å²) in [6, 6.07) is 14.9. The molecule has 1 unspecified atom stereocenters. The van der Waals surface area contributed by atoms with Crippen LogP contribution in [-0.2, 0) is 14.3 Å². The van der Waals surface area contributed by atoms with E-state index in [0.29, 0.717) is 19.3 Å². The molecule has 1 aliphatic rings. The number of fused-ring (bicyclic) bond motifs is 3. The van der Waals surface area contributed by atoms with Gasteiger partial charge in [-0.05, 0) is 35.1 Å². The van der Waals surface area contributed by atoms with Gasteiger partial charge in [-0.1, -0.05) is 81.6 Å². The van der Waals surface area contributed by atoms with Gasteiger partial charge in [-0.3, -0.25) is 4.79 Å². The number of alkyl carbamates (subject to hydrolysis) is 1. The number of hydrogen-bond acceptors (Lipinski definition) is 4. The Morgan fingerprint density at radius 2 is 1.53 bits per heavy atom. The monoisotopic (exact) mass is 466 g/mol. The summed E-state index contributed by atoms with van der Waals surface area (Å²) in [4.78, 5) is 36.5. The third-order valence-electron chi connectivity index (χ3n) is 6.21. The molecule has 0 spiro atoms. The lowest BCUT2D eigenvalue weighted by Gasteiger charge is -2.21. The van der Waals surface area contributed by atoms with Crippen LogP contribution < -0.4 is 10.6 Å². The number of carboxylic acid groups (broad SMARTS) is 1. The Labute approximate surface area is 200 Å². The second-order valence-corrected chi connectivity index (χ2v) is 8.76. The quantitative estimate of drug-likeness (QED) is 0.415. The maximum atomic E-state index is 12.7. The molecule has 0 bridgehead atoms. The zero-order valence-corrected chi connectivity index (χ0v) is 19.9. The van der Waals surface area contributed by atoms with Crippen molar-refractivity contribution in [1.82, 2.24) is 10.6 Å². The molecular weight excluding hydrogens is 432 g/mol. The lowest BCUT2D eigenvalue weighted by Crippen LogP contribution is -2.44. The van der Waals surface area contributed by atoms with Crippen LogP contribution in [0.2, 0.25) is 0 Å². The third-order valence-corrected chi connectivity index (χ3v) is 6.21. The normalized spacial score (nSPS) is 13.9. The van der Waals surface area contributed by atoms with Crippen molar-refractivity contribution in [3.8, 4) is 11.1 Å². The predicted octanol–water partition coefficient (Wildman–Crippen LogP) is 4.84. The van der Waals surface area contributed by atoms with E-state index in [-0.39, 0.29) is 24.9 Å². The van der Waals surface area contributed by atoms with Gasteiger partial charge in [0.1, 0.15) is 12.6 Å². The summed E-state index contributed by atoms with van der Waals surface area (Å²) in [5.74, 6) is -1.48. The number of rotatable bonds is 12. The van der Waals surface area contributed by atoms with Crippen molar-refractivity contribution >= 4 is 18.0 Å². The van der Waals surface area contributed by atoms with E-state index in [1.807, 2.05) is 38.1 Å². The van der Waals surface area contributed by atoms with Gasteiger partial charge in [0, 0.05) is 18.4 Å². The molecule has 2 amide bonds. The van der Waals surface area contributed by atoms with Crippen molar-refractivity contribution in [3.63, 3.8) is 0 Å². The molecule has 0 aliphatic heterocycles. The van der Waals surface area contributed by atoms with Gasteiger partial charge in [-0.15, -0.1) is 0 Å². The van der Waals surface area contributed by atoms with Crippen LogP contribution in [0.1, 0.15) is 69.4 Å². The zero-order chi connectivity index (χ0) is 24.5. The summed E-state index contributed by atoms with van der Waals surface area (Å²) >= 11 is 0. The van der Waals surface area contributed by atoms with E-state index in [2.05, 4.69) is 34.9 Å². The van der Waals surface area contributed by atoms with E-state index >= 15 is 0 Å². The molecule has 2 atom stereocenters. The molecule has 34 heavy (non-hydrogen) atoms. The summed E-state index contributed by atoms with van der Waals surface area (Å²) in [6.45, 7) is 4.10. The second kappa shape index (κ2) is 12.2. The number of amides is 2. The van der Waals surface area contributed by atoms with Crippen LogP contribution in [0.3, 0.4) is 0 Å². The number of carbonyl (C=O) groups is 3. The van der Waals surface area contributed by atoms with Crippen molar-refractivity contribution in [1.29, 1.82) is 0 Å². The fourth-order valence-electron chi connectivity index (χ4n) is 4.51. The largest absolute Gasteiger partial charge is 0.480 e. The molecule has 3 rings (SSSR count). The van der Waals surface area contributed by atoms with E-state index in [1.54, 1.807) is 0 Å². The number of benzene rings is 2. The topological polar surface area (TPSA) is 105 Å². The molecule has 2 aromatic rings. The molecule has 0 saturated carbocycles. The van der Waals surface area contributed by atoms with Crippen LogP contribution in [0.15, 0.2) is 48.5 Å². The first-order valence-corrected chi connectivity index (χ1v) is 12.1. The fraction of sp³-hybridized carbons (Fsp3) is 0.444. The van der Waals surface area contributed by atoms with Crippen LogP contribution in [0, 0.1) is 0 Å². The highest BCUT2D eigenvalue weighted by molar-refractivity contribution is 5.84. The highest BCUT2D eigenvalue weighted by Gasteiger charge is 2.29. The number of nitrogens with one attached hydrogen (secondary N) is 2. The second-order valence-electron chi connectivity index (χ2n) is 8.76. The van der Waals surface area contributed by atoms with Crippen molar-refractivity contribution in [3.05, 3.63) is 59.7 Å². The first-order valence-electron chi connectivity index (χ1n) is 12.1. The van der Waals surface area contributed by atoms with Crippen LogP contribution in [0.4, 0.5) is 4.79 Å². The molecule has 0 aromatic heterocycles. The Hall–Kier alpha value is -3.35. The average Bonchev–Trinajstić information content (AvgIpc) is 3.14. The van der Waals surface area contributed by atoms with Gasteiger partial charge in [-0.25, -0.2) is 9.59 Å². The van der Waals surface area contributed by atoms with Gasteiger partial charge in [0.05, 0.1) is 0 Å². The zero-order valence-electron chi connectivity index (χ0n) is 19.9. The molecule has 0 heterocycles. The van der Waals surface area contributed by atoms with Gasteiger partial charge >= 0.3 is 12.1 Å². The van der Waals surface area contributed by atoms with Gasteiger partial charge < -0.3 is 20.5 Å². The van der Waals surface area contributed by atoms with Crippen LogP contribution in [0.5, 0.6) is 0 Å². The minimum absolute atomic E-state index is 0.0116. The Kier molecular flexibility index (Phi) is 9.08. The minimum Gasteiger partial charge on any atom is -0.480 e. The van der Waals surface area contributed by atoms with Crippen molar-refractivity contribution in [2.24, 2.45) is 0 Å². The van der Waals surface area contributed by atoms with Crippen molar-refractivity contribution < 1.29 is 24.2 Å². The summed E-state index contributed by atoms with van der Waals surface area (Å²) in [5.41, 5.74) is 4.58. The number of aliphatic carboxylic acids is 1. The Morgan fingerprint density at radius 3 is 2.09 bits per heavy atom. The van der Waals surface area contributed by atoms with E-state index in [4.69, 9.17) is 4.74 Å². The molecule has 182 valence electrons. The maximum Gasteiger partial charge on any atom is 0.407 e. The molecule has 0 saturated heterocycles. The highest BCUT2D eigenvalue weighted by atomic mass is 16.5. The Bertz CT molecular complexity index is 961. The minimum atomic E-state index is -1.05. The first kappa shape index (κ1) is 25.3. The van der Waals surface area contributed by atoms with Gasteiger partial charge in [-0.2, -0.15) is 0 Å². The molecule has 2 aromatic carbocycles. The summed E-state index contributed by atoms with van der Waals surface area (Å²) < 4.78 is 5.61. The number of hydrogen-bond donors (Lipinski definition) is 3. The van der Waals surface area contributed by atoms with Gasteiger partial charge in [0.15, 0.2) is 0 Å². The van der Waals surface area contributed by atoms with E-state index in [9.17, 15) is 19.5 Å². The smallest absolute Gasteiger partial charge is 0.407 e. The predicted molar refractivity (Wildman–Crippen MR) is 131 cm³/mol. The Morgan fingerprint density at radius 1 is 0.912 bits per heavy atom. The van der Waals surface area contributed by atoms with Gasteiger partial charge in [0.25, 0.3) is 0 Å². The lowest BCUT2D eigenvalue weighted by molar-refractivity contribution is -0.142. The summed E-state index contributed by atoms with van der Waals surface area (Å²) in [6.07, 6.45) is 2.81. The number of unbranched alkanes of at least 4 members (excludes halogenated alkanes) is 1. The molecule has 0 fully saturated rings. The van der Waals surface area contributed by atoms with Crippen LogP contribution in [0.25, 0.3) is 11.1 Å². The lowest BCUT2D eigenvalue weighted by atomic mass is 9.98. The van der Waals surface area contributed by atoms with Crippen LogP contribution >= 0.6 is 0 Å². The maximum absolute atomic E-state index is 12.7. The number of ether oxygens (including phenoxy) is 1.